The highest BCUT2D eigenvalue weighted by molar-refractivity contribution is 5.78. The quantitative estimate of drug-likeness (QED) is 0.762. The second kappa shape index (κ2) is 5.64. The molecule has 2 unspecified atom stereocenters. The first-order valence-electron chi connectivity index (χ1n) is 6.20. The molecule has 4 heteroatoms. The number of rotatable bonds is 4. The standard InChI is InChI=1S/C12H24N2O2/c1-4-10(2)13-12(11(15)16)6-5-8-14(3)9-7-12/h10,13H,4-9H2,1-3H3,(H,15,16). The fraction of sp³-hybridized carbons (Fsp3) is 0.917. The Hall–Kier alpha value is -0.610. The van der Waals surface area contributed by atoms with Crippen LogP contribution in [0.3, 0.4) is 0 Å². The zero-order chi connectivity index (χ0) is 12.2. The Morgan fingerprint density at radius 3 is 2.75 bits per heavy atom. The molecular formula is C12H24N2O2. The van der Waals surface area contributed by atoms with Crippen LogP contribution in [0, 0.1) is 0 Å². The minimum Gasteiger partial charge on any atom is -0.480 e. The van der Waals surface area contributed by atoms with Gasteiger partial charge in [0.05, 0.1) is 0 Å². The van der Waals surface area contributed by atoms with E-state index >= 15 is 0 Å². The van der Waals surface area contributed by atoms with E-state index in [1.807, 2.05) is 0 Å². The zero-order valence-electron chi connectivity index (χ0n) is 10.6. The van der Waals surface area contributed by atoms with Crippen LogP contribution in [-0.4, -0.2) is 47.7 Å². The van der Waals surface area contributed by atoms with Gasteiger partial charge in [0.15, 0.2) is 0 Å². The molecule has 1 saturated heterocycles. The molecule has 1 rings (SSSR count). The number of carbonyl (C=O) groups is 1. The fourth-order valence-electron chi connectivity index (χ4n) is 2.26. The van der Waals surface area contributed by atoms with E-state index in [-0.39, 0.29) is 6.04 Å². The molecule has 1 aliphatic heterocycles. The average Bonchev–Trinajstić information content (AvgIpc) is 2.42. The van der Waals surface area contributed by atoms with E-state index in [4.69, 9.17) is 0 Å². The van der Waals surface area contributed by atoms with Crippen molar-refractivity contribution in [1.29, 1.82) is 0 Å². The summed E-state index contributed by atoms with van der Waals surface area (Å²) in [6.07, 6.45) is 3.34. The van der Waals surface area contributed by atoms with E-state index in [0.29, 0.717) is 6.42 Å². The number of hydrogen-bond donors (Lipinski definition) is 2. The molecule has 4 nitrogen and oxygen atoms in total. The summed E-state index contributed by atoms with van der Waals surface area (Å²) in [7, 11) is 2.06. The predicted molar refractivity (Wildman–Crippen MR) is 64.6 cm³/mol. The Morgan fingerprint density at radius 2 is 2.19 bits per heavy atom. The van der Waals surface area contributed by atoms with E-state index in [1.54, 1.807) is 0 Å². The fourth-order valence-corrected chi connectivity index (χ4v) is 2.26. The van der Waals surface area contributed by atoms with Crippen molar-refractivity contribution in [2.24, 2.45) is 0 Å². The van der Waals surface area contributed by atoms with Crippen molar-refractivity contribution >= 4 is 5.97 Å². The molecule has 0 amide bonds. The van der Waals surface area contributed by atoms with Gasteiger partial charge in [-0.15, -0.1) is 0 Å². The maximum absolute atomic E-state index is 11.5. The van der Waals surface area contributed by atoms with Crippen molar-refractivity contribution in [2.75, 3.05) is 20.1 Å². The van der Waals surface area contributed by atoms with Crippen LogP contribution >= 0.6 is 0 Å². The second-order valence-electron chi connectivity index (χ2n) is 5.00. The van der Waals surface area contributed by atoms with Gasteiger partial charge < -0.3 is 10.0 Å². The van der Waals surface area contributed by atoms with Gasteiger partial charge in [-0.05, 0) is 46.2 Å². The van der Waals surface area contributed by atoms with Crippen LogP contribution in [0.4, 0.5) is 0 Å². The summed E-state index contributed by atoms with van der Waals surface area (Å²) in [5.74, 6) is -0.692. The molecule has 0 bridgehead atoms. The maximum atomic E-state index is 11.5. The number of aliphatic carboxylic acids is 1. The first-order valence-corrected chi connectivity index (χ1v) is 6.20. The zero-order valence-corrected chi connectivity index (χ0v) is 10.6. The van der Waals surface area contributed by atoms with Crippen molar-refractivity contribution in [1.82, 2.24) is 10.2 Å². The molecule has 1 fully saturated rings. The van der Waals surface area contributed by atoms with Gasteiger partial charge in [0.2, 0.25) is 0 Å². The minimum absolute atomic E-state index is 0.263. The molecule has 0 aromatic carbocycles. The summed E-state index contributed by atoms with van der Waals surface area (Å²) in [6, 6.07) is 0.263. The Kier molecular flexibility index (Phi) is 4.74. The van der Waals surface area contributed by atoms with Crippen LogP contribution in [0.25, 0.3) is 0 Å². The minimum atomic E-state index is -0.708. The highest BCUT2D eigenvalue weighted by Crippen LogP contribution is 2.23. The first-order chi connectivity index (χ1) is 7.50. The van der Waals surface area contributed by atoms with Gasteiger partial charge >= 0.3 is 5.97 Å². The highest BCUT2D eigenvalue weighted by atomic mass is 16.4. The van der Waals surface area contributed by atoms with Crippen LogP contribution in [0.5, 0.6) is 0 Å². The molecule has 1 heterocycles. The number of likely N-dealkylation sites (tertiary alicyclic amines) is 1. The Balaban J connectivity index is 2.74. The van der Waals surface area contributed by atoms with Crippen molar-refractivity contribution in [3.63, 3.8) is 0 Å². The molecule has 16 heavy (non-hydrogen) atoms. The Labute approximate surface area is 98.0 Å². The van der Waals surface area contributed by atoms with Crippen molar-refractivity contribution in [3.05, 3.63) is 0 Å². The number of hydrogen-bond acceptors (Lipinski definition) is 3. The molecule has 2 N–H and O–H groups in total. The molecule has 94 valence electrons. The normalized spacial score (nSPS) is 29.7. The number of carboxylic acid groups (broad SMARTS) is 1. The Bertz CT molecular complexity index is 245. The molecule has 0 saturated carbocycles. The summed E-state index contributed by atoms with van der Waals surface area (Å²) >= 11 is 0. The molecule has 0 radical (unpaired) electrons. The average molecular weight is 228 g/mol. The van der Waals surface area contributed by atoms with Gasteiger partial charge in [-0.25, -0.2) is 0 Å². The summed E-state index contributed by atoms with van der Waals surface area (Å²) < 4.78 is 0. The predicted octanol–water partition coefficient (Wildman–Crippen LogP) is 1.31. The van der Waals surface area contributed by atoms with E-state index in [0.717, 1.165) is 32.4 Å². The lowest BCUT2D eigenvalue weighted by Crippen LogP contribution is -2.55. The maximum Gasteiger partial charge on any atom is 0.323 e. The van der Waals surface area contributed by atoms with Gasteiger partial charge in [-0.3, -0.25) is 10.1 Å². The number of nitrogens with one attached hydrogen (secondary N) is 1. The third-order valence-corrected chi connectivity index (χ3v) is 3.61. The van der Waals surface area contributed by atoms with Crippen molar-refractivity contribution in [2.45, 2.75) is 51.1 Å². The van der Waals surface area contributed by atoms with E-state index < -0.39 is 11.5 Å². The molecular weight excluding hydrogens is 204 g/mol. The highest BCUT2D eigenvalue weighted by Gasteiger charge is 2.39. The lowest BCUT2D eigenvalue weighted by molar-refractivity contribution is -0.145. The summed E-state index contributed by atoms with van der Waals surface area (Å²) in [5, 5.41) is 12.8. The molecule has 1 aliphatic rings. The van der Waals surface area contributed by atoms with Crippen molar-refractivity contribution in [3.8, 4) is 0 Å². The van der Waals surface area contributed by atoms with Gasteiger partial charge in [0, 0.05) is 12.6 Å². The van der Waals surface area contributed by atoms with Crippen LogP contribution in [0.2, 0.25) is 0 Å². The molecule has 0 spiro atoms. The Morgan fingerprint density at radius 1 is 1.50 bits per heavy atom. The SMILES string of the molecule is CCC(C)NC1(C(=O)O)CCCN(C)CC1. The molecule has 0 aromatic heterocycles. The molecule has 2 atom stereocenters. The van der Waals surface area contributed by atoms with Gasteiger partial charge in [0.25, 0.3) is 0 Å². The van der Waals surface area contributed by atoms with E-state index in [2.05, 4.69) is 31.1 Å². The summed E-state index contributed by atoms with van der Waals surface area (Å²) in [5.41, 5.74) is -0.708. The lowest BCUT2D eigenvalue weighted by atomic mass is 9.89. The molecule has 0 aromatic rings. The summed E-state index contributed by atoms with van der Waals surface area (Å²) in [6.45, 7) is 5.99. The van der Waals surface area contributed by atoms with Crippen molar-refractivity contribution < 1.29 is 9.90 Å². The molecule has 0 aliphatic carbocycles. The largest absolute Gasteiger partial charge is 0.480 e. The second-order valence-corrected chi connectivity index (χ2v) is 5.00. The van der Waals surface area contributed by atoms with E-state index in [9.17, 15) is 9.90 Å². The van der Waals surface area contributed by atoms with Gasteiger partial charge in [-0.2, -0.15) is 0 Å². The number of carboxylic acids is 1. The van der Waals surface area contributed by atoms with Crippen LogP contribution in [0.15, 0.2) is 0 Å². The third-order valence-electron chi connectivity index (χ3n) is 3.61. The van der Waals surface area contributed by atoms with Crippen LogP contribution < -0.4 is 5.32 Å². The van der Waals surface area contributed by atoms with Gasteiger partial charge in [0.1, 0.15) is 5.54 Å². The van der Waals surface area contributed by atoms with Crippen LogP contribution in [0.1, 0.15) is 39.5 Å². The van der Waals surface area contributed by atoms with Crippen LogP contribution in [-0.2, 0) is 4.79 Å². The smallest absolute Gasteiger partial charge is 0.323 e. The first kappa shape index (κ1) is 13.5. The van der Waals surface area contributed by atoms with Gasteiger partial charge in [-0.1, -0.05) is 6.92 Å². The monoisotopic (exact) mass is 228 g/mol. The topological polar surface area (TPSA) is 52.6 Å². The summed E-state index contributed by atoms with van der Waals surface area (Å²) in [4.78, 5) is 13.7. The number of nitrogens with zero attached hydrogens (tertiary/aromatic N) is 1. The lowest BCUT2D eigenvalue weighted by Gasteiger charge is -2.32. The van der Waals surface area contributed by atoms with E-state index in [1.165, 1.54) is 0 Å². The third kappa shape index (κ3) is 3.19.